The average Bonchev–Trinajstić information content (AvgIpc) is 1.98. The van der Waals surface area contributed by atoms with Crippen LogP contribution in [0.2, 0.25) is 13.1 Å². The topological polar surface area (TPSA) is 18.5 Å². The molecule has 74 valence electrons. The second-order valence-electron chi connectivity index (χ2n) is 3.34. The molecule has 0 aromatic carbocycles. The van der Waals surface area contributed by atoms with E-state index in [0.29, 0.717) is 6.61 Å². The quantitative estimate of drug-likeness (QED) is 0.496. The van der Waals surface area contributed by atoms with Gasteiger partial charge >= 0.3 is 8.56 Å². The van der Waals surface area contributed by atoms with Gasteiger partial charge in [0.1, 0.15) is 0 Å². The highest BCUT2D eigenvalue weighted by molar-refractivity contribution is 6.64. The summed E-state index contributed by atoms with van der Waals surface area (Å²) in [4.78, 5) is 0. The Hall–Kier alpha value is 0.427. The highest BCUT2D eigenvalue weighted by atomic mass is 35.5. The number of hydrogen-bond acceptors (Lipinski definition) is 2. The molecule has 1 atom stereocenters. The van der Waals surface area contributed by atoms with Gasteiger partial charge in [-0.1, -0.05) is 6.92 Å². The van der Waals surface area contributed by atoms with Gasteiger partial charge in [0.25, 0.3) is 0 Å². The lowest BCUT2D eigenvalue weighted by molar-refractivity contribution is 0.180. The van der Waals surface area contributed by atoms with Gasteiger partial charge in [-0.3, -0.25) is 0 Å². The maximum Gasteiger partial charge on any atom is 0.331 e. The van der Waals surface area contributed by atoms with Crippen LogP contribution < -0.4 is 0 Å². The fourth-order valence-corrected chi connectivity index (χ4v) is 2.30. The Kier molecular flexibility index (Phi) is 6.18. The molecule has 0 radical (unpaired) electrons. The fraction of sp³-hybridized carbons (Fsp3) is 1.00. The highest BCUT2D eigenvalue weighted by Gasteiger charge is 2.24. The summed E-state index contributed by atoms with van der Waals surface area (Å²) in [5.74, 6) is 0. The molecule has 0 saturated heterocycles. The summed E-state index contributed by atoms with van der Waals surface area (Å²) in [5.41, 5.74) is 0. The lowest BCUT2D eigenvalue weighted by Gasteiger charge is -2.23. The Morgan fingerprint density at radius 2 is 1.92 bits per heavy atom. The van der Waals surface area contributed by atoms with Gasteiger partial charge in [0.2, 0.25) is 0 Å². The van der Waals surface area contributed by atoms with E-state index >= 15 is 0 Å². The molecule has 0 spiro atoms. The smallest absolute Gasteiger partial charge is 0.331 e. The van der Waals surface area contributed by atoms with Crippen molar-refractivity contribution in [1.29, 1.82) is 0 Å². The van der Waals surface area contributed by atoms with Gasteiger partial charge in [-0.05, 0) is 26.4 Å². The molecule has 12 heavy (non-hydrogen) atoms. The summed E-state index contributed by atoms with van der Waals surface area (Å²) < 4.78 is 11.2. The lowest BCUT2D eigenvalue weighted by atomic mass is 10.5. The largest absolute Gasteiger partial charge is 0.395 e. The zero-order valence-corrected chi connectivity index (χ0v) is 10.1. The zero-order valence-electron chi connectivity index (χ0n) is 8.39. The van der Waals surface area contributed by atoms with Crippen LogP contribution in [0.15, 0.2) is 0 Å². The van der Waals surface area contributed by atoms with Gasteiger partial charge in [-0.2, -0.15) is 0 Å². The van der Waals surface area contributed by atoms with Gasteiger partial charge in [-0.15, -0.1) is 11.6 Å². The monoisotopic (exact) mass is 210 g/mol. The summed E-state index contributed by atoms with van der Waals surface area (Å²) in [6.07, 6.45) is 1.04. The van der Waals surface area contributed by atoms with E-state index in [9.17, 15) is 0 Å². The normalized spacial score (nSPS) is 14.8. The average molecular weight is 211 g/mol. The first-order valence-corrected chi connectivity index (χ1v) is 7.65. The first-order valence-electron chi connectivity index (χ1n) is 4.40. The van der Waals surface area contributed by atoms with Crippen molar-refractivity contribution in [2.75, 3.05) is 13.2 Å². The van der Waals surface area contributed by atoms with E-state index in [4.69, 9.17) is 20.5 Å². The highest BCUT2D eigenvalue weighted by Crippen LogP contribution is 2.08. The van der Waals surface area contributed by atoms with Crippen molar-refractivity contribution in [3.05, 3.63) is 0 Å². The summed E-state index contributed by atoms with van der Waals surface area (Å²) in [7, 11) is -1.87. The molecule has 4 heteroatoms. The van der Waals surface area contributed by atoms with Crippen molar-refractivity contribution >= 4 is 20.2 Å². The summed E-state index contributed by atoms with van der Waals surface area (Å²) in [6.45, 7) is 9.48. The van der Waals surface area contributed by atoms with Crippen LogP contribution in [0.5, 0.6) is 0 Å². The Bertz CT molecular complexity index is 118. The molecule has 0 aromatic heterocycles. The van der Waals surface area contributed by atoms with Crippen molar-refractivity contribution in [3.63, 3.8) is 0 Å². The molecule has 0 bridgehead atoms. The minimum atomic E-state index is -1.87. The van der Waals surface area contributed by atoms with Crippen LogP contribution in [0, 0.1) is 0 Å². The van der Waals surface area contributed by atoms with Gasteiger partial charge in [0.15, 0.2) is 0 Å². The summed E-state index contributed by atoms with van der Waals surface area (Å²) in [6, 6.07) is 0. The molecule has 0 N–H and O–H groups in total. The minimum Gasteiger partial charge on any atom is -0.395 e. The van der Waals surface area contributed by atoms with E-state index in [2.05, 4.69) is 6.92 Å². The van der Waals surface area contributed by atoms with Crippen LogP contribution in [0.1, 0.15) is 20.3 Å². The molecule has 0 aliphatic heterocycles. The van der Waals surface area contributed by atoms with E-state index in [-0.39, 0.29) is 5.38 Å². The third-order valence-electron chi connectivity index (χ3n) is 1.31. The van der Waals surface area contributed by atoms with Crippen LogP contribution in [-0.4, -0.2) is 27.2 Å². The number of halogens is 1. The van der Waals surface area contributed by atoms with Crippen LogP contribution in [0.25, 0.3) is 0 Å². The zero-order chi connectivity index (χ0) is 9.61. The van der Waals surface area contributed by atoms with Crippen LogP contribution in [-0.2, 0) is 8.85 Å². The molecular weight excluding hydrogens is 192 g/mol. The Morgan fingerprint density at radius 3 is 2.33 bits per heavy atom. The van der Waals surface area contributed by atoms with E-state index in [1.165, 1.54) is 0 Å². The van der Waals surface area contributed by atoms with E-state index in [1.54, 1.807) is 0 Å². The first-order chi connectivity index (χ1) is 5.48. The van der Waals surface area contributed by atoms with Gasteiger partial charge < -0.3 is 8.85 Å². The number of hydrogen-bond donors (Lipinski definition) is 0. The standard InChI is InChI=1S/C8H19ClO2Si/c1-5-6-10-12(3,4)11-7-8(2)9/h8H,5-7H2,1-4H3. The predicted molar refractivity (Wildman–Crippen MR) is 55.0 cm³/mol. The van der Waals surface area contributed by atoms with E-state index in [0.717, 1.165) is 13.0 Å². The summed E-state index contributed by atoms with van der Waals surface area (Å²) in [5, 5.41) is 0.0713. The molecule has 0 heterocycles. The van der Waals surface area contributed by atoms with Crippen molar-refractivity contribution in [3.8, 4) is 0 Å². The molecule has 0 saturated carbocycles. The second-order valence-corrected chi connectivity index (χ2v) is 7.46. The number of rotatable bonds is 6. The molecule has 0 aromatic rings. The third kappa shape index (κ3) is 7.10. The SMILES string of the molecule is CCCO[Si](C)(C)OCC(C)Cl. The molecule has 0 amide bonds. The maximum atomic E-state index is 5.76. The predicted octanol–water partition coefficient (Wildman–Crippen LogP) is 2.76. The molecule has 2 nitrogen and oxygen atoms in total. The van der Waals surface area contributed by atoms with E-state index in [1.807, 2.05) is 20.0 Å². The third-order valence-corrected chi connectivity index (χ3v) is 3.20. The number of alkyl halides is 1. The summed E-state index contributed by atoms with van der Waals surface area (Å²) >= 11 is 5.76. The van der Waals surface area contributed by atoms with Gasteiger partial charge in [0, 0.05) is 6.61 Å². The van der Waals surface area contributed by atoms with Crippen molar-refractivity contribution < 1.29 is 8.85 Å². The Labute approximate surface area is 81.5 Å². The fourth-order valence-electron chi connectivity index (χ4n) is 0.705. The first kappa shape index (κ1) is 12.4. The van der Waals surface area contributed by atoms with Crippen LogP contribution >= 0.6 is 11.6 Å². The van der Waals surface area contributed by atoms with Crippen molar-refractivity contribution in [2.24, 2.45) is 0 Å². The Morgan fingerprint density at radius 1 is 1.33 bits per heavy atom. The minimum absolute atomic E-state index is 0.0713. The van der Waals surface area contributed by atoms with Gasteiger partial charge in [0.05, 0.1) is 12.0 Å². The van der Waals surface area contributed by atoms with Crippen molar-refractivity contribution in [2.45, 2.75) is 38.7 Å². The van der Waals surface area contributed by atoms with Crippen molar-refractivity contribution in [1.82, 2.24) is 0 Å². The molecule has 0 fully saturated rings. The molecule has 1 unspecified atom stereocenters. The van der Waals surface area contributed by atoms with Gasteiger partial charge in [-0.25, -0.2) is 0 Å². The second kappa shape index (κ2) is 5.97. The molecular formula is C8H19ClO2Si. The van der Waals surface area contributed by atoms with Crippen LogP contribution in [0.3, 0.4) is 0 Å². The Balaban J connectivity index is 3.56. The van der Waals surface area contributed by atoms with Crippen LogP contribution in [0.4, 0.5) is 0 Å². The molecule has 0 aliphatic rings. The molecule has 0 rings (SSSR count). The molecule has 0 aliphatic carbocycles. The lowest BCUT2D eigenvalue weighted by Crippen LogP contribution is -2.36. The van der Waals surface area contributed by atoms with E-state index < -0.39 is 8.56 Å². The maximum absolute atomic E-state index is 5.76.